The van der Waals surface area contributed by atoms with Gasteiger partial charge in [-0.2, -0.15) is 0 Å². The molecule has 2 saturated heterocycles. The van der Waals surface area contributed by atoms with Gasteiger partial charge in [-0.25, -0.2) is 0 Å². The fourth-order valence-corrected chi connectivity index (χ4v) is 4.84. The molecule has 4 rings (SSSR count). The zero-order chi connectivity index (χ0) is 19.7. The van der Waals surface area contributed by atoms with Crippen molar-refractivity contribution >= 4 is 40.7 Å². The SMILES string of the molecule is O=C(C1CCN(c2ccc(Cl)c(Cl)c2)C1=O)N1CCC(OC2CCCC2)CC1. The van der Waals surface area contributed by atoms with Crippen molar-refractivity contribution in [3.05, 3.63) is 28.2 Å². The van der Waals surface area contributed by atoms with Crippen molar-refractivity contribution in [1.29, 1.82) is 0 Å². The van der Waals surface area contributed by atoms with Crippen LogP contribution in [0.4, 0.5) is 5.69 Å². The fourth-order valence-electron chi connectivity index (χ4n) is 4.55. The maximum atomic E-state index is 13.0. The van der Waals surface area contributed by atoms with E-state index in [0.717, 1.165) is 12.8 Å². The molecule has 2 aliphatic heterocycles. The van der Waals surface area contributed by atoms with Gasteiger partial charge in [-0.3, -0.25) is 9.59 Å². The van der Waals surface area contributed by atoms with Gasteiger partial charge < -0.3 is 14.5 Å². The summed E-state index contributed by atoms with van der Waals surface area (Å²) in [5.41, 5.74) is 0.693. The number of amides is 2. The van der Waals surface area contributed by atoms with Crippen LogP contribution in [-0.4, -0.2) is 48.6 Å². The van der Waals surface area contributed by atoms with Crippen LogP contribution in [-0.2, 0) is 14.3 Å². The fraction of sp³-hybridized carbons (Fsp3) is 0.619. The summed E-state index contributed by atoms with van der Waals surface area (Å²) in [6, 6.07) is 5.13. The third kappa shape index (κ3) is 4.17. The lowest BCUT2D eigenvalue weighted by molar-refractivity contribution is -0.142. The molecule has 2 heterocycles. The zero-order valence-corrected chi connectivity index (χ0v) is 17.4. The lowest BCUT2D eigenvalue weighted by Crippen LogP contribution is -2.46. The quantitative estimate of drug-likeness (QED) is 0.676. The first-order valence-electron chi connectivity index (χ1n) is 10.2. The van der Waals surface area contributed by atoms with Gasteiger partial charge in [0.1, 0.15) is 5.92 Å². The van der Waals surface area contributed by atoms with E-state index in [0.29, 0.717) is 47.9 Å². The molecule has 1 aromatic carbocycles. The Kier molecular flexibility index (Phi) is 6.14. The van der Waals surface area contributed by atoms with Gasteiger partial charge in [0.05, 0.1) is 22.3 Å². The molecule has 0 radical (unpaired) electrons. The van der Waals surface area contributed by atoms with Crippen LogP contribution in [0.1, 0.15) is 44.9 Å². The van der Waals surface area contributed by atoms with Crippen LogP contribution >= 0.6 is 23.2 Å². The van der Waals surface area contributed by atoms with E-state index in [9.17, 15) is 9.59 Å². The van der Waals surface area contributed by atoms with Crippen molar-refractivity contribution in [2.45, 2.75) is 57.2 Å². The van der Waals surface area contributed by atoms with E-state index in [4.69, 9.17) is 27.9 Å². The standard InChI is InChI=1S/C21H26Cl2N2O3/c22-18-6-5-14(13-19(18)23)25-12-9-17(21(25)27)20(26)24-10-7-16(8-11-24)28-15-3-1-2-4-15/h5-6,13,15-17H,1-4,7-12H2. The van der Waals surface area contributed by atoms with E-state index in [1.54, 1.807) is 23.1 Å². The number of nitrogens with zero attached hydrogens (tertiary/aromatic N) is 2. The Labute approximate surface area is 175 Å². The van der Waals surface area contributed by atoms with Crippen LogP contribution in [0.3, 0.4) is 0 Å². The number of anilines is 1. The molecule has 3 aliphatic rings. The third-order valence-electron chi connectivity index (χ3n) is 6.16. The second-order valence-electron chi connectivity index (χ2n) is 8.00. The van der Waals surface area contributed by atoms with Crippen molar-refractivity contribution in [3.8, 4) is 0 Å². The molecule has 5 nitrogen and oxygen atoms in total. The molecule has 0 aromatic heterocycles. The molecule has 1 unspecified atom stereocenters. The number of ether oxygens (including phenoxy) is 1. The average molecular weight is 425 g/mol. The monoisotopic (exact) mass is 424 g/mol. The first-order chi connectivity index (χ1) is 13.5. The predicted octanol–water partition coefficient (Wildman–Crippen LogP) is 4.30. The zero-order valence-electron chi connectivity index (χ0n) is 15.9. The molecule has 1 atom stereocenters. The van der Waals surface area contributed by atoms with E-state index in [2.05, 4.69) is 0 Å². The minimum Gasteiger partial charge on any atom is -0.375 e. The van der Waals surface area contributed by atoms with Gasteiger partial charge >= 0.3 is 0 Å². The summed E-state index contributed by atoms with van der Waals surface area (Å²) in [6.07, 6.45) is 7.78. The number of hydrogen-bond acceptors (Lipinski definition) is 3. The summed E-state index contributed by atoms with van der Waals surface area (Å²) < 4.78 is 6.19. The van der Waals surface area contributed by atoms with E-state index in [1.165, 1.54) is 25.7 Å². The maximum Gasteiger partial charge on any atom is 0.239 e. The van der Waals surface area contributed by atoms with E-state index in [1.807, 2.05) is 4.90 Å². The van der Waals surface area contributed by atoms with Crippen LogP contribution < -0.4 is 4.90 Å². The van der Waals surface area contributed by atoms with Crippen LogP contribution in [0.15, 0.2) is 18.2 Å². The number of likely N-dealkylation sites (tertiary alicyclic amines) is 1. The number of hydrogen-bond donors (Lipinski definition) is 0. The van der Waals surface area contributed by atoms with Crippen LogP contribution in [0.25, 0.3) is 0 Å². The van der Waals surface area contributed by atoms with Crippen molar-refractivity contribution in [2.75, 3.05) is 24.5 Å². The Bertz CT molecular complexity index is 743. The molecule has 1 aromatic rings. The third-order valence-corrected chi connectivity index (χ3v) is 6.90. The summed E-state index contributed by atoms with van der Waals surface area (Å²) in [4.78, 5) is 29.3. The van der Waals surface area contributed by atoms with E-state index < -0.39 is 5.92 Å². The number of rotatable bonds is 4. The first-order valence-corrected chi connectivity index (χ1v) is 11.0. The average Bonchev–Trinajstić information content (AvgIpc) is 3.34. The summed E-state index contributed by atoms with van der Waals surface area (Å²) in [5.74, 6) is -0.790. The number of halogens is 2. The molecule has 3 fully saturated rings. The Morgan fingerprint density at radius 3 is 2.29 bits per heavy atom. The van der Waals surface area contributed by atoms with Gasteiger partial charge in [-0.05, 0) is 50.3 Å². The molecule has 0 bridgehead atoms. The van der Waals surface area contributed by atoms with Gasteiger partial charge in [0.25, 0.3) is 0 Å². The highest BCUT2D eigenvalue weighted by Crippen LogP contribution is 2.32. The largest absolute Gasteiger partial charge is 0.375 e. The summed E-state index contributed by atoms with van der Waals surface area (Å²) in [5, 5.41) is 0.860. The molecule has 152 valence electrons. The highest BCUT2D eigenvalue weighted by molar-refractivity contribution is 6.42. The summed E-state index contributed by atoms with van der Waals surface area (Å²) in [6.45, 7) is 1.87. The molecular formula is C21H26Cl2N2O3. The van der Waals surface area contributed by atoms with Crippen molar-refractivity contribution in [1.82, 2.24) is 4.90 Å². The molecule has 0 N–H and O–H groups in total. The smallest absolute Gasteiger partial charge is 0.239 e. The Morgan fingerprint density at radius 2 is 1.61 bits per heavy atom. The van der Waals surface area contributed by atoms with Crippen molar-refractivity contribution in [2.24, 2.45) is 5.92 Å². The molecular weight excluding hydrogens is 399 g/mol. The minimum atomic E-state index is -0.596. The Morgan fingerprint density at radius 1 is 0.929 bits per heavy atom. The summed E-state index contributed by atoms with van der Waals surface area (Å²) >= 11 is 12.0. The van der Waals surface area contributed by atoms with Crippen molar-refractivity contribution < 1.29 is 14.3 Å². The highest BCUT2D eigenvalue weighted by atomic mass is 35.5. The lowest BCUT2D eigenvalue weighted by atomic mass is 10.0. The van der Waals surface area contributed by atoms with Crippen LogP contribution in [0.2, 0.25) is 10.0 Å². The van der Waals surface area contributed by atoms with Crippen LogP contribution in [0, 0.1) is 5.92 Å². The Hall–Kier alpha value is -1.30. The topological polar surface area (TPSA) is 49.9 Å². The minimum absolute atomic E-state index is 0.0492. The second kappa shape index (κ2) is 8.60. The molecule has 7 heteroatoms. The number of piperidine rings is 1. The lowest BCUT2D eigenvalue weighted by Gasteiger charge is -2.34. The second-order valence-corrected chi connectivity index (χ2v) is 8.81. The summed E-state index contributed by atoms with van der Waals surface area (Å²) in [7, 11) is 0. The van der Waals surface area contributed by atoms with Gasteiger partial charge in [-0.1, -0.05) is 36.0 Å². The van der Waals surface area contributed by atoms with Crippen molar-refractivity contribution in [3.63, 3.8) is 0 Å². The first kappa shape index (κ1) is 20.0. The molecule has 1 saturated carbocycles. The van der Waals surface area contributed by atoms with Gasteiger partial charge in [0.15, 0.2) is 0 Å². The highest BCUT2D eigenvalue weighted by Gasteiger charge is 2.40. The van der Waals surface area contributed by atoms with Gasteiger partial charge in [0.2, 0.25) is 11.8 Å². The molecule has 1 aliphatic carbocycles. The van der Waals surface area contributed by atoms with Gasteiger partial charge in [0, 0.05) is 25.3 Å². The van der Waals surface area contributed by atoms with Crippen LogP contribution in [0.5, 0.6) is 0 Å². The molecule has 28 heavy (non-hydrogen) atoms. The molecule has 0 spiro atoms. The number of carbonyl (C=O) groups excluding carboxylic acids is 2. The van der Waals surface area contributed by atoms with E-state index >= 15 is 0 Å². The number of benzene rings is 1. The van der Waals surface area contributed by atoms with E-state index in [-0.39, 0.29) is 17.9 Å². The molecule has 2 amide bonds. The predicted molar refractivity (Wildman–Crippen MR) is 110 cm³/mol. The Balaban J connectivity index is 1.32. The van der Waals surface area contributed by atoms with Gasteiger partial charge in [-0.15, -0.1) is 0 Å². The maximum absolute atomic E-state index is 13.0. The number of carbonyl (C=O) groups is 2. The normalized spacial score (nSPS) is 24.4.